The molecule has 1 unspecified atom stereocenters. The third-order valence-electron chi connectivity index (χ3n) is 3.16. The van der Waals surface area contributed by atoms with Crippen molar-refractivity contribution < 1.29 is 9.59 Å². The number of amides is 2. The van der Waals surface area contributed by atoms with Crippen molar-refractivity contribution in [3.8, 4) is 0 Å². The molecule has 2 amide bonds. The lowest BCUT2D eigenvalue weighted by molar-refractivity contribution is -0.121. The highest BCUT2D eigenvalue weighted by Gasteiger charge is 2.17. The van der Waals surface area contributed by atoms with Gasteiger partial charge in [-0.25, -0.2) is 0 Å². The first kappa shape index (κ1) is 17.8. The Morgan fingerprint density at radius 2 is 2.00 bits per heavy atom. The lowest BCUT2D eigenvalue weighted by Crippen LogP contribution is -2.37. The second-order valence-corrected chi connectivity index (χ2v) is 5.74. The Bertz CT molecular complexity index is 520. The van der Waals surface area contributed by atoms with E-state index in [2.05, 4.69) is 5.32 Å². The van der Waals surface area contributed by atoms with Gasteiger partial charge >= 0.3 is 0 Å². The van der Waals surface area contributed by atoms with E-state index in [1.54, 1.807) is 18.2 Å². The number of nitrogens with zero attached hydrogens (tertiary/aromatic N) is 1. The molecule has 0 saturated carbocycles. The van der Waals surface area contributed by atoms with Gasteiger partial charge in [-0.15, -0.1) is 0 Å². The average Bonchev–Trinajstić information content (AvgIpc) is 2.42. The molecular weight excluding hydrogens is 311 g/mol. The summed E-state index contributed by atoms with van der Waals surface area (Å²) in [5.74, 6) is -0.274. The average molecular weight is 331 g/mol. The SMILES string of the molecule is CCC(C)NC(=O)CCN(C(C)=O)c1cc(Cl)ccc1Cl. The molecule has 0 saturated heterocycles. The van der Waals surface area contributed by atoms with Crippen LogP contribution in [0, 0.1) is 0 Å². The first-order valence-electron chi connectivity index (χ1n) is 6.87. The van der Waals surface area contributed by atoms with Gasteiger partial charge in [0.25, 0.3) is 0 Å². The maximum Gasteiger partial charge on any atom is 0.223 e. The molecule has 1 aromatic carbocycles. The second-order valence-electron chi connectivity index (χ2n) is 4.89. The fraction of sp³-hybridized carbons (Fsp3) is 0.467. The van der Waals surface area contributed by atoms with E-state index in [4.69, 9.17) is 23.2 Å². The fourth-order valence-corrected chi connectivity index (χ4v) is 2.19. The van der Waals surface area contributed by atoms with Crippen LogP contribution in [0.4, 0.5) is 5.69 Å². The first-order valence-corrected chi connectivity index (χ1v) is 7.63. The number of hydrogen-bond acceptors (Lipinski definition) is 2. The number of benzene rings is 1. The van der Waals surface area contributed by atoms with Gasteiger partial charge in [0.1, 0.15) is 0 Å². The lowest BCUT2D eigenvalue weighted by Gasteiger charge is -2.22. The summed E-state index contributed by atoms with van der Waals surface area (Å²) in [5.41, 5.74) is 0.521. The Morgan fingerprint density at radius 3 is 2.57 bits per heavy atom. The van der Waals surface area contributed by atoms with E-state index in [-0.39, 0.29) is 30.8 Å². The van der Waals surface area contributed by atoms with Gasteiger partial charge in [-0.1, -0.05) is 30.1 Å². The molecule has 0 spiro atoms. The van der Waals surface area contributed by atoms with E-state index >= 15 is 0 Å². The van der Waals surface area contributed by atoms with Crippen LogP contribution in [0.5, 0.6) is 0 Å². The zero-order valence-electron chi connectivity index (χ0n) is 12.5. The highest BCUT2D eigenvalue weighted by atomic mass is 35.5. The van der Waals surface area contributed by atoms with Crippen LogP contribution in [0.25, 0.3) is 0 Å². The van der Waals surface area contributed by atoms with Crippen molar-refractivity contribution in [2.75, 3.05) is 11.4 Å². The van der Waals surface area contributed by atoms with Gasteiger partial charge in [0.05, 0.1) is 10.7 Å². The zero-order chi connectivity index (χ0) is 16.0. The molecule has 1 N–H and O–H groups in total. The third-order valence-corrected chi connectivity index (χ3v) is 3.72. The van der Waals surface area contributed by atoms with Crippen LogP contribution in [-0.2, 0) is 9.59 Å². The van der Waals surface area contributed by atoms with Gasteiger partial charge in [-0.2, -0.15) is 0 Å². The normalized spacial score (nSPS) is 11.9. The number of carbonyl (C=O) groups is 2. The smallest absolute Gasteiger partial charge is 0.223 e. The lowest BCUT2D eigenvalue weighted by atomic mass is 10.2. The third kappa shape index (κ3) is 5.56. The minimum absolute atomic E-state index is 0.0891. The van der Waals surface area contributed by atoms with Crippen molar-refractivity contribution in [2.24, 2.45) is 0 Å². The van der Waals surface area contributed by atoms with Gasteiger partial charge in [-0.05, 0) is 31.5 Å². The zero-order valence-corrected chi connectivity index (χ0v) is 14.0. The molecule has 21 heavy (non-hydrogen) atoms. The van der Waals surface area contributed by atoms with Crippen molar-refractivity contribution in [3.63, 3.8) is 0 Å². The minimum atomic E-state index is -0.185. The molecule has 0 aromatic heterocycles. The summed E-state index contributed by atoms with van der Waals surface area (Å²) >= 11 is 12.0. The first-order chi connectivity index (χ1) is 9.85. The number of carbonyl (C=O) groups excluding carboxylic acids is 2. The van der Waals surface area contributed by atoms with Gasteiger partial charge in [-0.3, -0.25) is 9.59 Å². The number of rotatable bonds is 6. The molecule has 0 aliphatic heterocycles. The predicted molar refractivity (Wildman–Crippen MR) is 87.0 cm³/mol. The maximum absolute atomic E-state index is 11.8. The highest BCUT2D eigenvalue weighted by molar-refractivity contribution is 6.35. The maximum atomic E-state index is 11.8. The van der Waals surface area contributed by atoms with Crippen molar-refractivity contribution >= 4 is 40.7 Å². The van der Waals surface area contributed by atoms with E-state index in [0.29, 0.717) is 15.7 Å². The molecule has 0 fully saturated rings. The summed E-state index contributed by atoms with van der Waals surface area (Å²) < 4.78 is 0. The van der Waals surface area contributed by atoms with E-state index in [0.717, 1.165) is 6.42 Å². The van der Waals surface area contributed by atoms with E-state index < -0.39 is 0 Å². The van der Waals surface area contributed by atoms with Gasteiger partial charge in [0.2, 0.25) is 11.8 Å². The molecule has 6 heteroatoms. The molecule has 0 heterocycles. The fourth-order valence-electron chi connectivity index (χ4n) is 1.80. The number of hydrogen-bond donors (Lipinski definition) is 1. The Labute approximate surface area is 135 Å². The Hall–Kier alpha value is -1.26. The molecule has 0 aliphatic rings. The van der Waals surface area contributed by atoms with Crippen LogP contribution >= 0.6 is 23.2 Å². The number of anilines is 1. The summed E-state index contributed by atoms with van der Waals surface area (Å²) in [5, 5.41) is 3.78. The molecule has 116 valence electrons. The van der Waals surface area contributed by atoms with Crippen molar-refractivity contribution in [1.29, 1.82) is 0 Å². The number of nitrogens with one attached hydrogen (secondary N) is 1. The van der Waals surface area contributed by atoms with Gasteiger partial charge in [0, 0.05) is 31.0 Å². The predicted octanol–water partition coefficient (Wildman–Crippen LogP) is 3.65. The molecule has 4 nitrogen and oxygen atoms in total. The molecule has 0 aliphatic carbocycles. The van der Waals surface area contributed by atoms with Crippen molar-refractivity contribution in [3.05, 3.63) is 28.2 Å². The van der Waals surface area contributed by atoms with Crippen LogP contribution in [-0.4, -0.2) is 24.4 Å². The van der Waals surface area contributed by atoms with Gasteiger partial charge in [0.15, 0.2) is 0 Å². The topological polar surface area (TPSA) is 49.4 Å². The van der Waals surface area contributed by atoms with Crippen LogP contribution in [0.2, 0.25) is 10.0 Å². The van der Waals surface area contributed by atoms with E-state index in [1.165, 1.54) is 11.8 Å². The largest absolute Gasteiger partial charge is 0.354 e. The summed E-state index contributed by atoms with van der Waals surface area (Å²) in [7, 11) is 0. The Balaban J connectivity index is 2.77. The Kier molecular flexibility index (Phi) is 6.99. The van der Waals surface area contributed by atoms with Crippen molar-refractivity contribution in [1.82, 2.24) is 5.32 Å². The van der Waals surface area contributed by atoms with E-state index in [9.17, 15) is 9.59 Å². The van der Waals surface area contributed by atoms with Crippen molar-refractivity contribution in [2.45, 2.75) is 39.7 Å². The molecule has 0 radical (unpaired) electrons. The van der Waals surface area contributed by atoms with Gasteiger partial charge < -0.3 is 10.2 Å². The second kappa shape index (κ2) is 8.25. The summed E-state index contributed by atoms with van der Waals surface area (Å²) in [6.45, 7) is 5.63. The number of halogens is 2. The monoisotopic (exact) mass is 330 g/mol. The molecule has 1 rings (SSSR count). The van der Waals surface area contributed by atoms with Crippen LogP contribution < -0.4 is 10.2 Å². The van der Waals surface area contributed by atoms with Crippen LogP contribution in [0.1, 0.15) is 33.6 Å². The minimum Gasteiger partial charge on any atom is -0.354 e. The quantitative estimate of drug-likeness (QED) is 0.865. The van der Waals surface area contributed by atoms with E-state index in [1.807, 2.05) is 13.8 Å². The standard InChI is InChI=1S/C15H20Cl2N2O2/c1-4-10(2)18-15(21)7-8-19(11(3)20)14-9-12(16)5-6-13(14)17/h5-6,9-10H,4,7-8H2,1-3H3,(H,18,21). The van der Waals surface area contributed by atoms with Crippen LogP contribution in [0.15, 0.2) is 18.2 Å². The summed E-state index contributed by atoms with van der Waals surface area (Å²) in [6.07, 6.45) is 1.08. The Morgan fingerprint density at radius 1 is 1.33 bits per heavy atom. The summed E-state index contributed by atoms with van der Waals surface area (Å²) in [6, 6.07) is 5.03. The highest BCUT2D eigenvalue weighted by Crippen LogP contribution is 2.29. The molecular formula is C15H20Cl2N2O2. The molecule has 1 aromatic rings. The van der Waals surface area contributed by atoms with Crippen LogP contribution in [0.3, 0.4) is 0 Å². The molecule has 1 atom stereocenters. The molecule has 0 bridgehead atoms. The summed E-state index contributed by atoms with van der Waals surface area (Å²) in [4.78, 5) is 25.1.